The molecule has 19 heavy (non-hydrogen) atoms. The van der Waals surface area contributed by atoms with Gasteiger partial charge in [0.15, 0.2) is 0 Å². The van der Waals surface area contributed by atoms with Gasteiger partial charge < -0.3 is 10.6 Å². The Balaban J connectivity index is 2.19. The Morgan fingerprint density at radius 2 is 1.68 bits per heavy atom. The third-order valence-electron chi connectivity index (χ3n) is 2.99. The zero-order valence-electron chi connectivity index (χ0n) is 11.6. The molecule has 100 valence electrons. The smallest absolute Gasteiger partial charge is 0.242 e. The predicted octanol–water partition coefficient (Wildman–Crippen LogP) is 3.16. The Labute approximate surface area is 114 Å². The average Bonchev–Trinajstić information content (AvgIpc) is 2.38. The molecule has 2 aromatic rings. The van der Waals surface area contributed by atoms with Gasteiger partial charge in [-0.3, -0.25) is 4.79 Å². The number of amides is 1. The van der Waals surface area contributed by atoms with E-state index in [0.29, 0.717) is 0 Å². The third kappa shape index (κ3) is 3.25. The second-order valence-corrected chi connectivity index (χ2v) is 5.06. The highest BCUT2D eigenvalue weighted by Gasteiger charge is 2.14. The van der Waals surface area contributed by atoms with Crippen LogP contribution in [0.4, 0.5) is 5.69 Å². The summed E-state index contributed by atoms with van der Waals surface area (Å²) in [7, 11) is 0. The molecule has 1 atom stereocenters. The Bertz CT molecular complexity index is 572. The average molecular weight is 256 g/mol. The molecule has 1 amide bonds. The minimum absolute atomic E-state index is 0.0166. The van der Waals surface area contributed by atoms with Crippen molar-refractivity contribution in [1.29, 1.82) is 0 Å². The monoisotopic (exact) mass is 256 g/mol. The van der Waals surface area contributed by atoms with Gasteiger partial charge in [0.25, 0.3) is 0 Å². The van der Waals surface area contributed by atoms with E-state index in [1.165, 1.54) is 5.39 Å². The van der Waals surface area contributed by atoms with E-state index in [-0.39, 0.29) is 18.0 Å². The van der Waals surface area contributed by atoms with Crippen LogP contribution in [-0.2, 0) is 4.79 Å². The number of rotatable bonds is 4. The van der Waals surface area contributed by atoms with Crippen molar-refractivity contribution in [2.24, 2.45) is 0 Å². The van der Waals surface area contributed by atoms with Gasteiger partial charge in [-0.25, -0.2) is 0 Å². The predicted molar refractivity (Wildman–Crippen MR) is 80.3 cm³/mol. The maximum atomic E-state index is 11.9. The number of carbonyl (C=O) groups is 1. The zero-order valence-corrected chi connectivity index (χ0v) is 11.6. The van der Waals surface area contributed by atoms with Crippen LogP contribution in [0.15, 0.2) is 42.5 Å². The van der Waals surface area contributed by atoms with Crippen LogP contribution < -0.4 is 10.6 Å². The summed E-state index contributed by atoms with van der Waals surface area (Å²) in [6.07, 6.45) is 0. The maximum absolute atomic E-state index is 11.9. The van der Waals surface area contributed by atoms with Crippen LogP contribution >= 0.6 is 0 Å². The van der Waals surface area contributed by atoms with Crippen molar-refractivity contribution in [2.75, 3.05) is 5.32 Å². The normalized spacial score (nSPS) is 12.4. The molecule has 3 heteroatoms. The quantitative estimate of drug-likeness (QED) is 0.882. The molecule has 0 spiro atoms. The van der Waals surface area contributed by atoms with Gasteiger partial charge in [0, 0.05) is 17.1 Å². The van der Waals surface area contributed by atoms with E-state index < -0.39 is 0 Å². The molecule has 0 saturated heterocycles. The lowest BCUT2D eigenvalue weighted by molar-refractivity contribution is -0.122. The summed E-state index contributed by atoms with van der Waals surface area (Å²) in [6, 6.07) is 14.1. The molecule has 3 nitrogen and oxygen atoms in total. The molecule has 2 N–H and O–H groups in total. The molecule has 1 unspecified atom stereocenters. The molecule has 0 bridgehead atoms. The molecule has 0 saturated carbocycles. The van der Waals surface area contributed by atoms with Gasteiger partial charge >= 0.3 is 0 Å². The van der Waals surface area contributed by atoms with Gasteiger partial charge in [-0.1, -0.05) is 36.4 Å². The second-order valence-electron chi connectivity index (χ2n) is 5.06. The first-order chi connectivity index (χ1) is 9.08. The van der Waals surface area contributed by atoms with Crippen molar-refractivity contribution in [3.63, 3.8) is 0 Å². The van der Waals surface area contributed by atoms with Crippen molar-refractivity contribution in [3.05, 3.63) is 42.5 Å². The fraction of sp³-hybridized carbons (Fsp3) is 0.312. The topological polar surface area (TPSA) is 41.1 Å². The molecule has 0 aliphatic rings. The Hall–Kier alpha value is -2.03. The van der Waals surface area contributed by atoms with Crippen LogP contribution in [0, 0.1) is 0 Å². The van der Waals surface area contributed by atoms with Crippen molar-refractivity contribution >= 4 is 22.4 Å². The van der Waals surface area contributed by atoms with Crippen molar-refractivity contribution in [1.82, 2.24) is 5.32 Å². The fourth-order valence-electron chi connectivity index (χ4n) is 2.06. The van der Waals surface area contributed by atoms with E-state index in [4.69, 9.17) is 0 Å². The first-order valence-corrected chi connectivity index (χ1v) is 6.62. The van der Waals surface area contributed by atoms with Crippen LogP contribution in [0.5, 0.6) is 0 Å². The summed E-state index contributed by atoms with van der Waals surface area (Å²) >= 11 is 0. The molecular formula is C16H20N2O. The van der Waals surface area contributed by atoms with Crippen molar-refractivity contribution < 1.29 is 4.79 Å². The van der Waals surface area contributed by atoms with Gasteiger partial charge in [-0.2, -0.15) is 0 Å². The Kier molecular flexibility index (Phi) is 4.05. The lowest BCUT2D eigenvalue weighted by Gasteiger charge is -2.18. The summed E-state index contributed by atoms with van der Waals surface area (Å²) in [4.78, 5) is 11.9. The van der Waals surface area contributed by atoms with Crippen LogP contribution in [0.2, 0.25) is 0 Å². The zero-order chi connectivity index (χ0) is 13.8. The van der Waals surface area contributed by atoms with Gasteiger partial charge in [-0.15, -0.1) is 0 Å². The van der Waals surface area contributed by atoms with Gasteiger partial charge in [0.2, 0.25) is 5.91 Å². The standard InChI is InChI=1S/C16H20N2O/c1-11(2)17-16(19)12(3)18-15-10-6-8-13-7-4-5-9-14(13)15/h4-12,18H,1-3H3,(H,17,19). The van der Waals surface area contributed by atoms with E-state index in [1.807, 2.05) is 45.0 Å². The van der Waals surface area contributed by atoms with Crippen LogP contribution in [0.3, 0.4) is 0 Å². The summed E-state index contributed by atoms with van der Waals surface area (Å²) in [5.74, 6) is 0.0166. The van der Waals surface area contributed by atoms with Crippen LogP contribution in [-0.4, -0.2) is 18.0 Å². The van der Waals surface area contributed by atoms with E-state index in [1.54, 1.807) is 0 Å². The number of carbonyl (C=O) groups excluding carboxylic acids is 1. The van der Waals surface area contributed by atoms with E-state index in [2.05, 4.69) is 28.8 Å². The van der Waals surface area contributed by atoms with Crippen molar-refractivity contribution in [3.8, 4) is 0 Å². The highest BCUT2D eigenvalue weighted by Crippen LogP contribution is 2.23. The van der Waals surface area contributed by atoms with E-state index in [0.717, 1.165) is 11.1 Å². The SMILES string of the molecule is CC(C)NC(=O)C(C)Nc1cccc2ccccc12. The second kappa shape index (κ2) is 5.74. The summed E-state index contributed by atoms with van der Waals surface area (Å²) < 4.78 is 0. The number of hydrogen-bond acceptors (Lipinski definition) is 2. The fourth-order valence-corrected chi connectivity index (χ4v) is 2.06. The largest absolute Gasteiger partial charge is 0.373 e. The molecule has 0 aromatic heterocycles. The summed E-state index contributed by atoms with van der Waals surface area (Å²) in [5, 5.41) is 8.49. The van der Waals surface area contributed by atoms with Gasteiger partial charge in [-0.05, 0) is 32.2 Å². The first-order valence-electron chi connectivity index (χ1n) is 6.62. The lowest BCUT2D eigenvalue weighted by Crippen LogP contribution is -2.41. The lowest BCUT2D eigenvalue weighted by atomic mass is 10.1. The molecular weight excluding hydrogens is 236 g/mol. The third-order valence-corrected chi connectivity index (χ3v) is 2.99. The van der Waals surface area contributed by atoms with Gasteiger partial charge in [0.1, 0.15) is 6.04 Å². The molecule has 0 heterocycles. The number of fused-ring (bicyclic) bond motifs is 1. The van der Waals surface area contributed by atoms with E-state index in [9.17, 15) is 4.79 Å². The highest BCUT2D eigenvalue weighted by atomic mass is 16.2. The van der Waals surface area contributed by atoms with E-state index >= 15 is 0 Å². The van der Waals surface area contributed by atoms with Crippen molar-refractivity contribution in [2.45, 2.75) is 32.9 Å². The number of anilines is 1. The summed E-state index contributed by atoms with van der Waals surface area (Å²) in [5.41, 5.74) is 0.990. The number of nitrogens with one attached hydrogen (secondary N) is 2. The van der Waals surface area contributed by atoms with Crippen LogP contribution in [0.25, 0.3) is 10.8 Å². The number of hydrogen-bond donors (Lipinski definition) is 2. The minimum atomic E-state index is -0.256. The Morgan fingerprint density at radius 3 is 2.42 bits per heavy atom. The summed E-state index contributed by atoms with van der Waals surface area (Å²) in [6.45, 7) is 5.80. The first kappa shape index (κ1) is 13.4. The minimum Gasteiger partial charge on any atom is -0.373 e. The highest BCUT2D eigenvalue weighted by molar-refractivity contribution is 5.95. The maximum Gasteiger partial charge on any atom is 0.242 e. The molecule has 0 fully saturated rings. The van der Waals surface area contributed by atoms with Gasteiger partial charge in [0.05, 0.1) is 0 Å². The molecule has 2 rings (SSSR count). The molecule has 0 radical (unpaired) electrons. The Morgan fingerprint density at radius 1 is 1.00 bits per heavy atom. The molecule has 2 aromatic carbocycles. The van der Waals surface area contributed by atoms with Crippen LogP contribution in [0.1, 0.15) is 20.8 Å². The number of benzene rings is 2. The molecule has 0 aliphatic carbocycles. The molecule has 0 aliphatic heterocycles.